The second kappa shape index (κ2) is 9.96. The van der Waals surface area contributed by atoms with Gasteiger partial charge in [-0.1, -0.05) is 61.0 Å². The van der Waals surface area contributed by atoms with E-state index in [-0.39, 0.29) is 12.4 Å². The van der Waals surface area contributed by atoms with Crippen LogP contribution in [-0.2, 0) is 17.9 Å². The summed E-state index contributed by atoms with van der Waals surface area (Å²) in [6.45, 7) is 3.47. The first-order valence-corrected chi connectivity index (χ1v) is 11.0. The standard InChI is InChI=1S/C27H28FNO3/c1-19-22(10-7-11-23(19)21-8-3-2-4-9-21)18-32-26-14-13-20(16-24(26)28)17-29-15-6-5-12-25(29)27(30)31/h2-4,7-11,13-14,16,25H,5-6,12,15,17-18H2,1H3,(H,30,31). The van der Waals surface area contributed by atoms with Crippen LogP contribution in [0.1, 0.15) is 36.0 Å². The van der Waals surface area contributed by atoms with Crippen LogP contribution >= 0.6 is 0 Å². The molecule has 0 aromatic heterocycles. The van der Waals surface area contributed by atoms with Crippen LogP contribution in [0.5, 0.6) is 5.75 Å². The molecule has 3 aromatic rings. The van der Waals surface area contributed by atoms with Gasteiger partial charge in [-0.25, -0.2) is 4.39 Å². The second-order valence-corrected chi connectivity index (χ2v) is 8.33. The van der Waals surface area contributed by atoms with Crippen molar-refractivity contribution in [2.45, 2.75) is 45.4 Å². The molecule has 1 fully saturated rings. The van der Waals surface area contributed by atoms with Gasteiger partial charge in [0.2, 0.25) is 0 Å². The molecule has 1 atom stereocenters. The lowest BCUT2D eigenvalue weighted by molar-refractivity contribution is -0.144. The van der Waals surface area contributed by atoms with Crippen molar-refractivity contribution in [3.05, 3.63) is 89.2 Å². The van der Waals surface area contributed by atoms with E-state index in [4.69, 9.17) is 4.74 Å². The van der Waals surface area contributed by atoms with Crippen molar-refractivity contribution < 1.29 is 19.0 Å². The maximum absolute atomic E-state index is 14.7. The number of hydrogen-bond donors (Lipinski definition) is 1. The van der Waals surface area contributed by atoms with Crippen LogP contribution in [0.4, 0.5) is 4.39 Å². The van der Waals surface area contributed by atoms with Crippen molar-refractivity contribution in [2.75, 3.05) is 6.54 Å². The Morgan fingerprint density at radius 3 is 2.66 bits per heavy atom. The number of carboxylic acids is 1. The van der Waals surface area contributed by atoms with Crippen molar-refractivity contribution in [3.63, 3.8) is 0 Å². The summed E-state index contributed by atoms with van der Waals surface area (Å²) >= 11 is 0. The van der Waals surface area contributed by atoms with E-state index in [0.29, 0.717) is 19.5 Å². The molecule has 4 rings (SSSR count). The molecular formula is C27H28FNO3. The van der Waals surface area contributed by atoms with Crippen molar-refractivity contribution in [1.29, 1.82) is 0 Å². The van der Waals surface area contributed by atoms with E-state index in [9.17, 15) is 14.3 Å². The molecule has 0 bridgehead atoms. The predicted molar refractivity (Wildman–Crippen MR) is 123 cm³/mol. The van der Waals surface area contributed by atoms with E-state index in [1.165, 1.54) is 6.07 Å². The van der Waals surface area contributed by atoms with E-state index in [2.05, 4.69) is 25.1 Å². The van der Waals surface area contributed by atoms with Gasteiger partial charge in [-0.2, -0.15) is 0 Å². The van der Waals surface area contributed by atoms with Crippen molar-refractivity contribution >= 4 is 5.97 Å². The van der Waals surface area contributed by atoms with Gasteiger partial charge in [0, 0.05) is 6.54 Å². The van der Waals surface area contributed by atoms with E-state index in [0.717, 1.165) is 40.7 Å². The Morgan fingerprint density at radius 1 is 1.09 bits per heavy atom. The van der Waals surface area contributed by atoms with Crippen LogP contribution < -0.4 is 4.74 Å². The smallest absolute Gasteiger partial charge is 0.320 e. The average Bonchev–Trinajstić information content (AvgIpc) is 2.80. The highest BCUT2D eigenvalue weighted by molar-refractivity contribution is 5.73. The third kappa shape index (κ3) is 5.00. The molecule has 1 aliphatic rings. The van der Waals surface area contributed by atoms with Crippen LogP contribution in [0, 0.1) is 12.7 Å². The van der Waals surface area contributed by atoms with E-state index in [1.807, 2.05) is 41.3 Å². The van der Waals surface area contributed by atoms with Gasteiger partial charge in [0.05, 0.1) is 0 Å². The highest BCUT2D eigenvalue weighted by Gasteiger charge is 2.28. The number of nitrogens with zero attached hydrogens (tertiary/aromatic N) is 1. The molecule has 0 spiro atoms. The Morgan fingerprint density at radius 2 is 1.91 bits per heavy atom. The van der Waals surface area contributed by atoms with Crippen LogP contribution in [0.15, 0.2) is 66.7 Å². The average molecular weight is 434 g/mol. The minimum Gasteiger partial charge on any atom is -0.486 e. The molecule has 1 unspecified atom stereocenters. The quantitative estimate of drug-likeness (QED) is 0.510. The highest BCUT2D eigenvalue weighted by Crippen LogP contribution is 2.28. The zero-order chi connectivity index (χ0) is 22.5. The second-order valence-electron chi connectivity index (χ2n) is 8.33. The van der Waals surface area contributed by atoms with Crippen LogP contribution in [0.25, 0.3) is 11.1 Å². The molecule has 1 aliphatic heterocycles. The van der Waals surface area contributed by atoms with Crippen molar-refractivity contribution in [2.24, 2.45) is 0 Å². The molecule has 3 aromatic carbocycles. The van der Waals surface area contributed by atoms with Crippen molar-refractivity contribution in [1.82, 2.24) is 4.90 Å². The Hall–Kier alpha value is -3.18. The van der Waals surface area contributed by atoms with Gasteiger partial charge in [-0.15, -0.1) is 0 Å². The summed E-state index contributed by atoms with van der Waals surface area (Å²) < 4.78 is 20.6. The van der Waals surface area contributed by atoms with Gasteiger partial charge >= 0.3 is 5.97 Å². The molecule has 0 aliphatic carbocycles. The SMILES string of the molecule is Cc1c(COc2ccc(CN3CCCCC3C(=O)O)cc2F)cccc1-c1ccccc1. The Labute approximate surface area is 188 Å². The zero-order valence-electron chi connectivity index (χ0n) is 18.3. The van der Waals surface area contributed by atoms with E-state index >= 15 is 0 Å². The van der Waals surface area contributed by atoms with Crippen molar-refractivity contribution in [3.8, 4) is 16.9 Å². The maximum Gasteiger partial charge on any atom is 0.320 e. The lowest BCUT2D eigenvalue weighted by Gasteiger charge is -2.32. The summed E-state index contributed by atoms with van der Waals surface area (Å²) in [5.41, 5.74) is 5.15. The fourth-order valence-electron chi connectivity index (χ4n) is 4.38. The fraction of sp³-hybridized carbons (Fsp3) is 0.296. The van der Waals surface area contributed by atoms with Crippen LogP contribution in [0.3, 0.4) is 0 Å². The number of aliphatic carboxylic acids is 1. The first-order valence-electron chi connectivity index (χ1n) is 11.0. The van der Waals surface area contributed by atoms with E-state index < -0.39 is 17.8 Å². The summed E-state index contributed by atoms with van der Waals surface area (Å²) in [5.74, 6) is -1.03. The minimum atomic E-state index is -0.807. The van der Waals surface area contributed by atoms with E-state index in [1.54, 1.807) is 6.07 Å². The van der Waals surface area contributed by atoms with Gasteiger partial charge in [0.25, 0.3) is 0 Å². The third-order valence-electron chi connectivity index (χ3n) is 6.19. The molecule has 1 N–H and O–H groups in total. The normalized spacial score (nSPS) is 16.6. The summed E-state index contributed by atoms with van der Waals surface area (Å²) in [4.78, 5) is 13.4. The summed E-state index contributed by atoms with van der Waals surface area (Å²) in [7, 11) is 0. The van der Waals surface area contributed by atoms with Gasteiger partial charge in [0.1, 0.15) is 12.6 Å². The predicted octanol–water partition coefficient (Wildman–Crippen LogP) is 5.82. The summed E-state index contributed by atoms with van der Waals surface area (Å²) in [6, 6.07) is 20.6. The Balaban J connectivity index is 1.44. The number of piperidine rings is 1. The van der Waals surface area contributed by atoms with Gasteiger partial charge in [-0.05, 0) is 66.3 Å². The number of benzene rings is 3. The number of carbonyl (C=O) groups is 1. The molecule has 1 heterocycles. The number of likely N-dealkylation sites (tertiary alicyclic amines) is 1. The van der Waals surface area contributed by atoms with Gasteiger partial charge in [-0.3, -0.25) is 9.69 Å². The molecule has 4 nitrogen and oxygen atoms in total. The minimum absolute atomic E-state index is 0.201. The monoisotopic (exact) mass is 433 g/mol. The largest absolute Gasteiger partial charge is 0.486 e. The highest BCUT2D eigenvalue weighted by atomic mass is 19.1. The maximum atomic E-state index is 14.7. The number of hydrogen-bond acceptors (Lipinski definition) is 3. The lowest BCUT2D eigenvalue weighted by atomic mass is 9.97. The van der Waals surface area contributed by atoms with Crippen LogP contribution in [0.2, 0.25) is 0 Å². The van der Waals surface area contributed by atoms with Gasteiger partial charge in [0.15, 0.2) is 11.6 Å². The van der Waals surface area contributed by atoms with Crippen LogP contribution in [-0.4, -0.2) is 28.6 Å². The summed E-state index contributed by atoms with van der Waals surface area (Å²) in [5, 5.41) is 9.44. The topological polar surface area (TPSA) is 49.8 Å². The molecule has 32 heavy (non-hydrogen) atoms. The molecule has 0 radical (unpaired) electrons. The molecule has 5 heteroatoms. The fourth-order valence-corrected chi connectivity index (χ4v) is 4.38. The lowest BCUT2D eigenvalue weighted by Crippen LogP contribution is -2.44. The number of rotatable bonds is 7. The van der Waals surface area contributed by atoms with Gasteiger partial charge < -0.3 is 9.84 Å². The molecule has 166 valence electrons. The number of halogens is 1. The number of carboxylic acid groups (broad SMARTS) is 1. The zero-order valence-corrected chi connectivity index (χ0v) is 18.3. The Kier molecular flexibility index (Phi) is 6.86. The molecule has 0 amide bonds. The number of ether oxygens (including phenoxy) is 1. The third-order valence-corrected chi connectivity index (χ3v) is 6.19. The summed E-state index contributed by atoms with van der Waals surface area (Å²) in [6.07, 6.45) is 2.52. The molecule has 1 saturated heterocycles. The molecule has 0 saturated carbocycles. The Bertz CT molecular complexity index is 1080. The first-order chi connectivity index (χ1) is 15.5. The first kappa shape index (κ1) is 22.0. The molecular weight excluding hydrogens is 405 g/mol.